The maximum Gasteiger partial charge on any atom is 0.325 e. The van der Waals surface area contributed by atoms with Crippen molar-refractivity contribution in [3.63, 3.8) is 0 Å². The molecule has 3 amide bonds. The van der Waals surface area contributed by atoms with E-state index < -0.39 is 27.8 Å². The average Bonchev–Trinajstić information content (AvgIpc) is 2.77. The molecule has 0 aliphatic carbocycles. The van der Waals surface area contributed by atoms with Gasteiger partial charge >= 0.3 is 5.97 Å². The number of esters is 1. The first-order valence-corrected chi connectivity index (χ1v) is 10.8. The van der Waals surface area contributed by atoms with Crippen molar-refractivity contribution < 1.29 is 32.3 Å². The van der Waals surface area contributed by atoms with Crippen LogP contribution in [0.1, 0.15) is 33.3 Å². The van der Waals surface area contributed by atoms with Gasteiger partial charge in [0.1, 0.15) is 12.2 Å². The van der Waals surface area contributed by atoms with Gasteiger partial charge in [-0.2, -0.15) is 0 Å². The fourth-order valence-corrected chi connectivity index (χ4v) is 3.41. The number of pyridine rings is 1. The number of carbonyl (C=O) groups is 4. The van der Waals surface area contributed by atoms with E-state index in [0.717, 1.165) is 11.8 Å². The minimum atomic E-state index is -4.13. The van der Waals surface area contributed by atoms with Crippen LogP contribution in [0.15, 0.2) is 47.5 Å². The number of rotatable bonds is 9. The fourth-order valence-electron chi connectivity index (χ4n) is 2.44. The van der Waals surface area contributed by atoms with E-state index >= 15 is 0 Å². The summed E-state index contributed by atoms with van der Waals surface area (Å²) in [4.78, 5) is 49.8. The summed E-state index contributed by atoms with van der Waals surface area (Å²) in [6, 6.07) is 8.33. The summed E-state index contributed by atoms with van der Waals surface area (Å²) in [7, 11) is -2.96. The van der Waals surface area contributed by atoms with E-state index in [4.69, 9.17) is 0 Å². The Morgan fingerprint density at radius 2 is 1.66 bits per heavy atom. The summed E-state index contributed by atoms with van der Waals surface area (Å²) in [5.74, 6) is -2.38. The Morgan fingerprint density at radius 1 is 0.969 bits per heavy atom. The van der Waals surface area contributed by atoms with Crippen molar-refractivity contribution in [2.45, 2.75) is 18.2 Å². The van der Waals surface area contributed by atoms with Gasteiger partial charge in [0, 0.05) is 19.7 Å². The smallest absolute Gasteiger partial charge is 0.325 e. The number of aromatic nitrogens is 1. The second-order valence-electron chi connectivity index (χ2n) is 6.50. The number of sulfonamides is 1. The number of methoxy groups -OCH3 is 1. The highest BCUT2D eigenvalue weighted by molar-refractivity contribution is 7.90. The van der Waals surface area contributed by atoms with Crippen LogP contribution in [0, 0.1) is 0 Å². The van der Waals surface area contributed by atoms with Crippen LogP contribution < -0.4 is 15.4 Å². The lowest BCUT2D eigenvalue weighted by molar-refractivity contribution is -0.139. The topological polar surface area (TPSA) is 161 Å². The van der Waals surface area contributed by atoms with Gasteiger partial charge in [-0.05, 0) is 36.2 Å². The number of nitrogens with zero attached hydrogens (tertiary/aromatic N) is 1. The van der Waals surface area contributed by atoms with Gasteiger partial charge in [-0.15, -0.1) is 0 Å². The highest BCUT2D eigenvalue weighted by atomic mass is 32.2. The Bertz CT molecular complexity index is 1100. The predicted octanol–water partition coefficient (Wildman–Crippen LogP) is -0.218. The van der Waals surface area contributed by atoms with Gasteiger partial charge in [-0.3, -0.25) is 24.2 Å². The molecule has 2 rings (SSSR count). The zero-order valence-electron chi connectivity index (χ0n) is 17.4. The summed E-state index contributed by atoms with van der Waals surface area (Å²) >= 11 is 0. The second-order valence-corrected chi connectivity index (χ2v) is 8.18. The molecule has 0 fully saturated rings. The quantitative estimate of drug-likeness (QED) is 0.431. The Kier molecular flexibility index (Phi) is 8.41. The van der Waals surface area contributed by atoms with Crippen LogP contribution in [-0.4, -0.2) is 57.3 Å². The second kappa shape index (κ2) is 11.0. The van der Waals surface area contributed by atoms with Crippen molar-refractivity contribution >= 4 is 33.7 Å². The van der Waals surface area contributed by atoms with Crippen LogP contribution in [0.25, 0.3) is 0 Å². The zero-order valence-corrected chi connectivity index (χ0v) is 18.2. The third kappa shape index (κ3) is 7.16. The summed E-state index contributed by atoms with van der Waals surface area (Å²) < 4.78 is 31.3. The van der Waals surface area contributed by atoms with Crippen LogP contribution in [0.2, 0.25) is 0 Å². The largest absolute Gasteiger partial charge is 0.468 e. The van der Waals surface area contributed by atoms with Gasteiger partial charge < -0.3 is 15.4 Å². The molecule has 1 heterocycles. The lowest BCUT2D eigenvalue weighted by Gasteiger charge is -2.09. The molecule has 1 aromatic heterocycles. The van der Waals surface area contributed by atoms with Gasteiger partial charge in [-0.1, -0.05) is 12.1 Å². The number of amides is 3. The molecule has 2 aromatic rings. The van der Waals surface area contributed by atoms with Crippen molar-refractivity contribution in [3.8, 4) is 0 Å². The van der Waals surface area contributed by atoms with Crippen molar-refractivity contribution in [3.05, 3.63) is 59.4 Å². The molecular formula is C20H22N4O7S. The highest BCUT2D eigenvalue weighted by Crippen LogP contribution is 2.12. The summed E-state index contributed by atoms with van der Waals surface area (Å²) in [5, 5.41) is 4.93. The molecule has 1 aromatic carbocycles. The minimum Gasteiger partial charge on any atom is -0.468 e. The van der Waals surface area contributed by atoms with Crippen LogP contribution >= 0.6 is 0 Å². The van der Waals surface area contributed by atoms with Crippen LogP contribution in [-0.2, 0) is 30.8 Å². The molecule has 0 bridgehead atoms. The van der Waals surface area contributed by atoms with E-state index in [2.05, 4.69) is 20.4 Å². The molecule has 0 unspecified atom stereocenters. The molecule has 0 radical (unpaired) electrons. The van der Waals surface area contributed by atoms with Crippen molar-refractivity contribution in [1.29, 1.82) is 0 Å². The number of hydrogen-bond acceptors (Lipinski definition) is 8. The number of ether oxygens (including phenoxy) is 1. The predicted molar refractivity (Wildman–Crippen MR) is 112 cm³/mol. The molecule has 0 saturated heterocycles. The van der Waals surface area contributed by atoms with Crippen LogP contribution in [0.3, 0.4) is 0 Å². The molecular weight excluding hydrogens is 440 g/mol. The summed E-state index contributed by atoms with van der Waals surface area (Å²) in [5.41, 5.74) is 0.669. The fraction of sp³-hybridized carbons (Fsp3) is 0.250. The van der Waals surface area contributed by atoms with Gasteiger partial charge in [0.05, 0.1) is 17.6 Å². The lowest BCUT2D eigenvalue weighted by Crippen LogP contribution is -2.32. The Hall–Kier alpha value is -3.80. The van der Waals surface area contributed by atoms with E-state index in [1.807, 2.05) is 4.72 Å². The molecule has 0 saturated carbocycles. The van der Waals surface area contributed by atoms with Crippen molar-refractivity contribution in [2.75, 3.05) is 20.2 Å². The first kappa shape index (κ1) is 24.5. The van der Waals surface area contributed by atoms with E-state index in [1.54, 1.807) is 12.1 Å². The molecule has 0 aliphatic heterocycles. The van der Waals surface area contributed by atoms with E-state index in [0.29, 0.717) is 13.0 Å². The molecule has 32 heavy (non-hydrogen) atoms. The average molecular weight is 462 g/mol. The molecule has 12 heteroatoms. The van der Waals surface area contributed by atoms with E-state index in [-0.39, 0.29) is 28.6 Å². The normalized spacial score (nSPS) is 10.7. The molecule has 0 aliphatic rings. The number of carbonyl (C=O) groups excluding carboxylic acids is 4. The van der Waals surface area contributed by atoms with Crippen LogP contribution in [0.4, 0.5) is 0 Å². The van der Waals surface area contributed by atoms with Gasteiger partial charge in [-0.25, -0.2) is 13.1 Å². The standard InChI is InChI=1S/C20H22N4O7S/c1-13(25)21-10-9-14-3-6-16(7-4-14)32(29,30)24-19(27)15-5-8-17(22-11-15)20(28)23-12-18(26)31-2/h3-8,11H,9-10,12H2,1-2H3,(H,21,25)(H,23,28)(H,24,27). The molecule has 3 N–H and O–H groups in total. The SMILES string of the molecule is COC(=O)CNC(=O)c1ccc(C(=O)NS(=O)(=O)c2ccc(CCNC(C)=O)cc2)cn1. The third-order valence-corrected chi connectivity index (χ3v) is 5.47. The maximum absolute atomic E-state index is 12.5. The summed E-state index contributed by atoms with van der Waals surface area (Å²) in [6.45, 7) is 1.48. The van der Waals surface area contributed by atoms with Crippen molar-refractivity contribution in [1.82, 2.24) is 20.3 Å². The van der Waals surface area contributed by atoms with Crippen molar-refractivity contribution in [2.24, 2.45) is 0 Å². The Morgan fingerprint density at radius 3 is 2.22 bits per heavy atom. The highest BCUT2D eigenvalue weighted by Gasteiger charge is 2.19. The van der Waals surface area contributed by atoms with Gasteiger partial charge in [0.2, 0.25) is 5.91 Å². The van der Waals surface area contributed by atoms with Gasteiger partial charge in [0.15, 0.2) is 0 Å². The molecule has 0 spiro atoms. The lowest BCUT2D eigenvalue weighted by atomic mass is 10.1. The maximum atomic E-state index is 12.5. The van der Waals surface area contributed by atoms with E-state index in [9.17, 15) is 27.6 Å². The first-order valence-electron chi connectivity index (χ1n) is 9.34. The summed E-state index contributed by atoms with van der Waals surface area (Å²) in [6.07, 6.45) is 1.57. The number of benzene rings is 1. The monoisotopic (exact) mass is 462 g/mol. The zero-order chi connectivity index (χ0) is 23.7. The Labute approximate surface area is 184 Å². The van der Waals surface area contributed by atoms with Crippen LogP contribution in [0.5, 0.6) is 0 Å². The minimum absolute atomic E-state index is 0.0665. The van der Waals surface area contributed by atoms with E-state index in [1.165, 1.54) is 38.3 Å². The molecule has 11 nitrogen and oxygen atoms in total. The third-order valence-electron chi connectivity index (χ3n) is 4.13. The number of nitrogens with one attached hydrogen (secondary N) is 3. The first-order chi connectivity index (χ1) is 15.1. The molecule has 0 atom stereocenters. The Balaban J connectivity index is 1.99. The number of hydrogen-bond donors (Lipinski definition) is 3. The molecule has 170 valence electrons. The van der Waals surface area contributed by atoms with Gasteiger partial charge in [0.25, 0.3) is 21.8 Å².